The Morgan fingerprint density at radius 3 is 2.22 bits per heavy atom. The van der Waals surface area contributed by atoms with Gasteiger partial charge < -0.3 is 5.32 Å². The van der Waals surface area contributed by atoms with Crippen LogP contribution in [-0.4, -0.2) is 6.54 Å². The van der Waals surface area contributed by atoms with Gasteiger partial charge >= 0.3 is 0 Å². The Balaban J connectivity index is 1.57. The van der Waals surface area contributed by atoms with Gasteiger partial charge in [0.2, 0.25) is 0 Å². The summed E-state index contributed by atoms with van der Waals surface area (Å²) in [6.07, 6.45) is 5.16. The predicted octanol–water partition coefficient (Wildman–Crippen LogP) is 3.38. The Labute approximate surface area is 104 Å². The standard InChI is InChI=1S/C14H16F3N/c15-11-5-9(6-12(16)13(11)17)7-18-8-14(3-4-14)10-1-2-10/h5-6,10,18H,1-4,7-8H2. The van der Waals surface area contributed by atoms with Crippen LogP contribution in [0.15, 0.2) is 12.1 Å². The van der Waals surface area contributed by atoms with Gasteiger partial charge in [0.05, 0.1) is 0 Å². The Hall–Kier alpha value is -1.03. The lowest BCUT2D eigenvalue weighted by molar-refractivity contribution is 0.401. The SMILES string of the molecule is Fc1cc(CNCC2(C3CC3)CC2)cc(F)c1F. The molecule has 1 N–H and O–H groups in total. The van der Waals surface area contributed by atoms with Crippen molar-refractivity contribution in [3.05, 3.63) is 35.1 Å². The molecule has 2 fully saturated rings. The highest BCUT2D eigenvalue weighted by atomic mass is 19.2. The first-order chi connectivity index (χ1) is 8.61. The normalized spacial score (nSPS) is 21.1. The lowest BCUT2D eigenvalue weighted by Gasteiger charge is -2.15. The lowest BCUT2D eigenvalue weighted by atomic mass is 10.0. The maximum atomic E-state index is 13.0. The molecule has 0 saturated heterocycles. The van der Waals surface area contributed by atoms with Crippen LogP contribution >= 0.6 is 0 Å². The van der Waals surface area contributed by atoms with Gasteiger partial charge in [-0.05, 0) is 54.7 Å². The minimum absolute atomic E-state index is 0.391. The summed E-state index contributed by atoms with van der Waals surface area (Å²) < 4.78 is 38.8. The number of hydrogen-bond acceptors (Lipinski definition) is 1. The molecular weight excluding hydrogens is 239 g/mol. The highest BCUT2D eigenvalue weighted by molar-refractivity contribution is 5.19. The molecule has 98 valence electrons. The summed E-state index contributed by atoms with van der Waals surface area (Å²) in [5, 5.41) is 3.24. The van der Waals surface area contributed by atoms with E-state index in [9.17, 15) is 13.2 Å². The number of halogens is 3. The average Bonchev–Trinajstić information content (AvgIpc) is 3.16. The number of benzene rings is 1. The van der Waals surface area contributed by atoms with E-state index in [2.05, 4.69) is 5.32 Å². The van der Waals surface area contributed by atoms with Crippen molar-refractivity contribution in [3.63, 3.8) is 0 Å². The van der Waals surface area contributed by atoms with Crippen LogP contribution in [0.4, 0.5) is 13.2 Å². The zero-order chi connectivity index (χ0) is 12.8. The fourth-order valence-corrected chi connectivity index (χ4v) is 2.75. The molecule has 0 spiro atoms. The third-order valence-corrected chi connectivity index (χ3v) is 4.19. The summed E-state index contributed by atoms with van der Waals surface area (Å²) >= 11 is 0. The first-order valence-electron chi connectivity index (χ1n) is 6.45. The second-order valence-corrected chi connectivity index (χ2v) is 5.61. The quantitative estimate of drug-likeness (QED) is 0.795. The molecule has 0 unspecified atom stereocenters. The molecule has 0 bridgehead atoms. The van der Waals surface area contributed by atoms with Crippen molar-refractivity contribution in [1.29, 1.82) is 0 Å². The van der Waals surface area contributed by atoms with Crippen LogP contribution in [0.2, 0.25) is 0 Å². The van der Waals surface area contributed by atoms with E-state index < -0.39 is 17.5 Å². The van der Waals surface area contributed by atoms with Crippen molar-refractivity contribution in [2.75, 3.05) is 6.54 Å². The van der Waals surface area contributed by atoms with Crippen LogP contribution in [0, 0.1) is 28.8 Å². The van der Waals surface area contributed by atoms with Crippen molar-refractivity contribution in [1.82, 2.24) is 5.32 Å². The smallest absolute Gasteiger partial charge is 0.194 e. The van der Waals surface area contributed by atoms with Crippen molar-refractivity contribution < 1.29 is 13.2 Å². The van der Waals surface area contributed by atoms with E-state index in [0.29, 0.717) is 17.5 Å². The van der Waals surface area contributed by atoms with Crippen LogP contribution in [0.1, 0.15) is 31.2 Å². The summed E-state index contributed by atoms with van der Waals surface area (Å²) in [7, 11) is 0. The first kappa shape index (κ1) is 12.0. The summed E-state index contributed by atoms with van der Waals surface area (Å²) in [6, 6.07) is 2.12. The molecule has 1 nitrogen and oxygen atoms in total. The Kier molecular flexibility index (Phi) is 2.85. The Morgan fingerprint density at radius 2 is 1.72 bits per heavy atom. The molecule has 1 aromatic rings. The minimum Gasteiger partial charge on any atom is -0.312 e. The zero-order valence-electron chi connectivity index (χ0n) is 10.1. The molecule has 3 rings (SSSR count). The van der Waals surface area contributed by atoms with Crippen LogP contribution in [0.3, 0.4) is 0 Å². The second-order valence-electron chi connectivity index (χ2n) is 5.61. The van der Waals surface area contributed by atoms with Crippen molar-refractivity contribution >= 4 is 0 Å². The maximum Gasteiger partial charge on any atom is 0.194 e. The molecule has 0 aromatic heterocycles. The minimum atomic E-state index is -1.39. The first-order valence-corrected chi connectivity index (χ1v) is 6.45. The van der Waals surface area contributed by atoms with Gasteiger partial charge in [0, 0.05) is 13.1 Å². The van der Waals surface area contributed by atoms with Crippen LogP contribution in [0.25, 0.3) is 0 Å². The summed E-state index contributed by atoms with van der Waals surface area (Å²) in [5.41, 5.74) is 0.912. The van der Waals surface area contributed by atoms with Crippen LogP contribution in [-0.2, 0) is 6.54 Å². The summed E-state index contributed by atoms with van der Waals surface area (Å²) in [4.78, 5) is 0. The van der Waals surface area contributed by atoms with Crippen LogP contribution in [0.5, 0.6) is 0 Å². The number of hydrogen-bond donors (Lipinski definition) is 1. The van der Waals surface area contributed by atoms with Gasteiger partial charge in [-0.25, -0.2) is 13.2 Å². The van der Waals surface area contributed by atoms with Crippen molar-refractivity contribution in [3.8, 4) is 0 Å². The van der Waals surface area contributed by atoms with E-state index in [0.717, 1.165) is 24.6 Å². The fourth-order valence-electron chi connectivity index (χ4n) is 2.75. The highest BCUT2D eigenvalue weighted by Crippen LogP contribution is 2.60. The molecule has 0 radical (unpaired) electrons. The van der Waals surface area contributed by atoms with Crippen molar-refractivity contribution in [2.45, 2.75) is 32.2 Å². The Bertz CT molecular complexity index is 441. The Morgan fingerprint density at radius 1 is 1.11 bits per heavy atom. The molecule has 0 heterocycles. The van der Waals surface area contributed by atoms with Gasteiger partial charge in [0.15, 0.2) is 17.5 Å². The topological polar surface area (TPSA) is 12.0 Å². The molecule has 0 aliphatic heterocycles. The molecule has 2 saturated carbocycles. The van der Waals surface area contributed by atoms with Crippen LogP contribution < -0.4 is 5.32 Å². The van der Waals surface area contributed by atoms with Gasteiger partial charge in [-0.1, -0.05) is 0 Å². The second kappa shape index (κ2) is 4.26. The summed E-state index contributed by atoms with van der Waals surface area (Å²) in [6.45, 7) is 1.29. The molecule has 1 aromatic carbocycles. The van der Waals surface area contributed by atoms with Gasteiger partial charge in [0.1, 0.15) is 0 Å². The molecule has 2 aliphatic carbocycles. The van der Waals surface area contributed by atoms with Gasteiger partial charge in [0.25, 0.3) is 0 Å². The summed E-state index contributed by atoms with van der Waals surface area (Å²) in [5.74, 6) is -2.77. The number of nitrogens with one attached hydrogen (secondary N) is 1. The zero-order valence-corrected chi connectivity index (χ0v) is 10.1. The number of rotatable bonds is 5. The molecule has 18 heavy (non-hydrogen) atoms. The molecule has 2 aliphatic rings. The molecular formula is C14H16F3N. The molecule has 0 amide bonds. The van der Waals surface area contributed by atoms with E-state index in [1.165, 1.54) is 25.7 Å². The van der Waals surface area contributed by atoms with Crippen molar-refractivity contribution in [2.24, 2.45) is 11.3 Å². The van der Waals surface area contributed by atoms with Gasteiger partial charge in [-0.3, -0.25) is 0 Å². The van der Waals surface area contributed by atoms with Gasteiger partial charge in [-0.15, -0.1) is 0 Å². The average molecular weight is 255 g/mol. The maximum absolute atomic E-state index is 13.0. The van der Waals surface area contributed by atoms with E-state index in [1.54, 1.807) is 0 Å². The van der Waals surface area contributed by atoms with E-state index in [1.807, 2.05) is 0 Å². The lowest BCUT2D eigenvalue weighted by Crippen LogP contribution is -2.25. The van der Waals surface area contributed by atoms with E-state index in [4.69, 9.17) is 0 Å². The molecule has 4 heteroatoms. The molecule has 0 atom stereocenters. The van der Waals surface area contributed by atoms with Gasteiger partial charge in [-0.2, -0.15) is 0 Å². The van der Waals surface area contributed by atoms with E-state index in [-0.39, 0.29) is 0 Å². The van der Waals surface area contributed by atoms with E-state index >= 15 is 0 Å². The third-order valence-electron chi connectivity index (χ3n) is 4.19. The predicted molar refractivity (Wildman–Crippen MR) is 62.4 cm³/mol. The largest absolute Gasteiger partial charge is 0.312 e. The fraction of sp³-hybridized carbons (Fsp3) is 0.571. The highest BCUT2D eigenvalue weighted by Gasteiger charge is 2.53. The third kappa shape index (κ3) is 2.26. The monoisotopic (exact) mass is 255 g/mol.